The molecule has 122 valence electrons. The second-order valence-corrected chi connectivity index (χ2v) is 7.68. The molecule has 1 amide bonds. The number of carbonyl (C=O) groups is 1. The van der Waals surface area contributed by atoms with Gasteiger partial charge >= 0.3 is 6.09 Å². The molecule has 0 bridgehead atoms. The van der Waals surface area contributed by atoms with Crippen molar-refractivity contribution >= 4 is 33.6 Å². The number of hydrogen-bond acceptors (Lipinski definition) is 3. The predicted octanol–water partition coefficient (Wildman–Crippen LogP) is 4.74. The minimum atomic E-state index is -0.463. The summed E-state index contributed by atoms with van der Waals surface area (Å²) < 4.78 is 12.0. The van der Waals surface area contributed by atoms with E-state index in [2.05, 4.69) is 15.9 Å². The van der Waals surface area contributed by atoms with Gasteiger partial charge in [0.05, 0.1) is 11.6 Å². The van der Waals surface area contributed by atoms with E-state index in [4.69, 9.17) is 21.1 Å². The van der Waals surface area contributed by atoms with E-state index in [1.807, 2.05) is 39.0 Å². The van der Waals surface area contributed by atoms with E-state index >= 15 is 0 Å². The molecule has 0 unspecified atom stereocenters. The van der Waals surface area contributed by atoms with Crippen LogP contribution in [-0.2, 0) is 4.74 Å². The first-order valence-electron chi connectivity index (χ1n) is 7.31. The molecular formula is C16H21BrClNO3. The Labute approximate surface area is 144 Å². The van der Waals surface area contributed by atoms with Gasteiger partial charge in [-0.15, -0.1) is 0 Å². The van der Waals surface area contributed by atoms with Crippen molar-refractivity contribution in [1.82, 2.24) is 4.90 Å². The summed E-state index contributed by atoms with van der Waals surface area (Å²) in [6, 6.07) is 5.59. The number of amides is 1. The number of carbonyl (C=O) groups excluding carboxylic acids is 1. The van der Waals surface area contributed by atoms with Gasteiger partial charge in [-0.25, -0.2) is 4.79 Å². The molecular weight excluding hydrogens is 370 g/mol. The Kier molecular flexibility index (Phi) is 5.61. The molecule has 0 radical (unpaired) electrons. The molecule has 1 aromatic carbocycles. The second kappa shape index (κ2) is 7.09. The Hall–Kier alpha value is -0.940. The summed E-state index contributed by atoms with van der Waals surface area (Å²) in [5, 5.41) is 0.574. The fourth-order valence-electron chi connectivity index (χ4n) is 2.26. The average molecular weight is 391 g/mol. The molecule has 1 aromatic rings. The normalized spacial score (nSPS) is 18.4. The lowest BCUT2D eigenvalue weighted by atomic mass is 10.1. The van der Waals surface area contributed by atoms with Crippen LogP contribution < -0.4 is 4.74 Å². The third-order valence-corrected chi connectivity index (χ3v) is 4.61. The Bertz CT molecular complexity index is 545. The third kappa shape index (κ3) is 4.78. The van der Waals surface area contributed by atoms with Gasteiger partial charge in [-0.2, -0.15) is 0 Å². The van der Waals surface area contributed by atoms with Crippen LogP contribution in [0.2, 0.25) is 5.02 Å². The van der Waals surface area contributed by atoms with Gasteiger partial charge in [0.15, 0.2) is 0 Å². The highest BCUT2D eigenvalue weighted by atomic mass is 79.9. The molecule has 1 saturated heterocycles. The maximum absolute atomic E-state index is 12.0. The smallest absolute Gasteiger partial charge is 0.410 e. The summed E-state index contributed by atoms with van der Waals surface area (Å²) in [6.45, 7) is 7.51. The van der Waals surface area contributed by atoms with Crippen molar-refractivity contribution in [3.8, 4) is 5.75 Å². The summed E-state index contributed by atoms with van der Waals surface area (Å²) in [7, 11) is 0. The number of likely N-dealkylation sites (tertiary alicyclic amines) is 1. The highest BCUT2D eigenvalue weighted by Crippen LogP contribution is 2.32. The molecule has 4 nitrogen and oxygen atoms in total. The molecule has 1 heterocycles. The van der Waals surface area contributed by atoms with Crippen LogP contribution in [0.5, 0.6) is 5.75 Å². The lowest BCUT2D eigenvalue weighted by Crippen LogP contribution is -2.35. The molecule has 0 aromatic heterocycles. The van der Waals surface area contributed by atoms with E-state index in [0.29, 0.717) is 36.4 Å². The summed E-state index contributed by atoms with van der Waals surface area (Å²) in [5.41, 5.74) is -0.463. The Morgan fingerprint density at radius 3 is 2.86 bits per heavy atom. The number of ether oxygens (including phenoxy) is 2. The fourth-order valence-corrected chi connectivity index (χ4v) is 2.79. The zero-order chi connectivity index (χ0) is 16.3. The number of halogens is 2. The first-order chi connectivity index (χ1) is 10.3. The van der Waals surface area contributed by atoms with Gasteiger partial charge < -0.3 is 14.4 Å². The lowest BCUT2D eigenvalue weighted by Gasteiger charge is -2.24. The molecule has 1 aliphatic heterocycles. The van der Waals surface area contributed by atoms with E-state index < -0.39 is 5.60 Å². The Morgan fingerprint density at radius 1 is 1.45 bits per heavy atom. The fraction of sp³-hybridized carbons (Fsp3) is 0.562. The van der Waals surface area contributed by atoms with Crippen molar-refractivity contribution in [2.24, 2.45) is 5.92 Å². The van der Waals surface area contributed by atoms with Crippen LogP contribution >= 0.6 is 27.5 Å². The third-order valence-electron chi connectivity index (χ3n) is 3.33. The zero-order valence-electron chi connectivity index (χ0n) is 13.1. The van der Waals surface area contributed by atoms with Gasteiger partial charge in [-0.3, -0.25) is 0 Å². The second-order valence-electron chi connectivity index (χ2n) is 6.44. The molecule has 1 atom stereocenters. The average Bonchev–Trinajstić information content (AvgIpc) is 2.87. The van der Waals surface area contributed by atoms with E-state index in [9.17, 15) is 4.79 Å². The molecule has 0 aliphatic carbocycles. The van der Waals surface area contributed by atoms with Crippen LogP contribution in [0.4, 0.5) is 4.79 Å². The van der Waals surface area contributed by atoms with E-state index in [1.165, 1.54) is 0 Å². The molecule has 2 rings (SSSR count). The van der Waals surface area contributed by atoms with Crippen LogP contribution in [0.3, 0.4) is 0 Å². The SMILES string of the molecule is CC(C)(C)OC(=O)N1CC[C@H](COc2cccc(Br)c2Cl)C1. The van der Waals surface area contributed by atoms with Crippen LogP contribution in [0.1, 0.15) is 27.2 Å². The summed E-state index contributed by atoms with van der Waals surface area (Å²) >= 11 is 9.55. The lowest BCUT2D eigenvalue weighted by molar-refractivity contribution is 0.0285. The molecule has 22 heavy (non-hydrogen) atoms. The van der Waals surface area contributed by atoms with Crippen molar-refractivity contribution in [3.05, 3.63) is 27.7 Å². The predicted molar refractivity (Wildman–Crippen MR) is 90.6 cm³/mol. The first kappa shape index (κ1) is 17.4. The summed E-state index contributed by atoms with van der Waals surface area (Å²) in [4.78, 5) is 13.8. The van der Waals surface area contributed by atoms with Crippen LogP contribution in [0.15, 0.2) is 22.7 Å². The molecule has 0 saturated carbocycles. The largest absolute Gasteiger partial charge is 0.492 e. The molecule has 0 N–H and O–H groups in total. The maximum atomic E-state index is 12.0. The van der Waals surface area contributed by atoms with E-state index in [0.717, 1.165) is 10.9 Å². The zero-order valence-corrected chi connectivity index (χ0v) is 15.4. The number of benzene rings is 1. The standard InChI is InChI=1S/C16H21BrClNO3/c1-16(2,3)22-15(20)19-8-7-11(9-19)10-21-13-6-4-5-12(17)14(13)18/h4-6,11H,7-10H2,1-3H3/t11-/m0/s1. The molecule has 0 spiro atoms. The van der Waals surface area contributed by atoms with E-state index in [1.54, 1.807) is 4.90 Å². The van der Waals surface area contributed by atoms with Crippen molar-refractivity contribution in [2.45, 2.75) is 32.8 Å². The van der Waals surface area contributed by atoms with Crippen molar-refractivity contribution in [1.29, 1.82) is 0 Å². The van der Waals surface area contributed by atoms with Gasteiger partial charge in [-0.1, -0.05) is 17.7 Å². The monoisotopic (exact) mass is 389 g/mol. The topological polar surface area (TPSA) is 38.8 Å². The molecule has 6 heteroatoms. The van der Waals surface area contributed by atoms with Crippen molar-refractivity contribution in [3.63, 3.8) is 0 Å². The summed E-state index contributed by atoms with van der Waals surface area (Å²) in [5.74, 6) is 0.953. The molecule has 1 aliphatic rings. The Morgan fingerprint density at radius 2 is 2.18 bits per heavy atom. The van der Waals surface area contributed by atoms with Crippen LogP contribution in [0.25, 0.3) is 0 Å². The first-order valence-corrected chi connectivity index (χ1v) is 8.48. The van der Waals surface area contributed by atoms with E-state index in [-0.39, 0.29) is 6.09 Å². The van der Waals surface area contributed by atoms with Crippen molar-refractivity contribution in [2.75, 3.05) is 19.7 Å². The van der Waals surface area contributed by atoms with Gasteiger partial charge in [0.2, 0.25) is 0 Å². The molecule has 1 fully saturated rings. The minimum absolute atomic E-state index is 0.254. The van der Waals surface area contributed by atoms with Crippen LogP contribution in [-0.4, -0.2) is 36.3 Å². The minimum Gasteiger partial charge on any atom is -0.492 e. The number of nitrogens with zero attached hydrogens (tertiary/aromatic N) is 1. The van der Waals surface area contributed by atoms with Gasteiger partial charge in [0.1, 0.15) is 11.4 Å². The van der Waals surface area contributed by atoms with Gasteiger partial charge in [0.25, 0.3) is 0 Å². The van der Waals surface area contributed by atoms with Gasteiger partial charge in [-0.05, 0) is 55.3 Å². The summed E-state index contributed by atoms with van der Waals surface area (Å²) in [6.07, 6.45) is 0.653. The van der Waals surface area contributed by atoms with Crippen LogP contribution in [0, 0.1) is 5.92 Å². The van der Waals surface area contributed by atoms with Crippen molar-refractivity contribution < 1.29 is 14.3 Å². The Balaban J connectivity index is 1.84. The van der Waals surface area contributed by atoms with Gasteiger partial charge in [0, 0.05) is 23.5 Å². The highest BCUT2D eigenvalue weighted by Gasteiger charge is 2.30. The maximum Gasteiger partial charge on any atom is 0.410 e. The quantitative estimate of drug-likeness (QED) is 0.748. The highest BCUT2D eigenvalue weighted by molar-refractivity contribution is 9.10. The number of rotatable bonds is 3. The number of hydrogen-bond donors (Lipinski definition) is 0.